The molecule has 0 saturated carbocycles. The maximum atomic E-state index is 4.45. The summed E-state index contributed by atoms with van der Waals surface area (Å²) in [6.45, 7) is 6.13. The van der Waals surface area contributed by atoms with Crippen molar-refractivity contribution in [2.45, 2.75) is 20.8 Å². The minimum absolute atomic E-state index is 0.773. The molecule has 0 unspecified atom stereocenters. The van der Waals surface area contributed by atoms with Crippen LogP contribution < -0.4 is 5.32 Å². The molecule has 1 aromatic carbocycles. The molecule has 4 heteroatoms. The van der Waals surface area contributed by atoms with Crippen LogP contribution in [0.2, 0.25) is 0 Å². The molecule has 4 nitrogen and oxygen atoms in total. The predicted octanol–water partition coefficient (Wildman–Crippen LogP) is 3.40. The zero-order valence-corrected chi connectivity index (χ0v) is 11.3. The number of nitrogens with one attached hydrogen (secondary N) is 1. The summed E-state index contributed by atoms with van der Waals surface area (Å²) in [5.41, 5.74) is 5.45. The second kappa shape index (κ2) is 4.39. The number of pyridine rings is 1. The molecule has 2 aromatic heterocycles. The zero-order chi connectivity index (χ0) is 13.4. The Morgan fingerprint density at radius 1 is 1.00 bits per heavy atom. The molecule has 2 heterocycles. The molecule has 3 aromatic rings. The summed E-state index contributed by atoms with van der Waals surface area (Å²) in [5.74, 6) is 0.773. The fraction of sp³-hybridized carbons (Fsp3) is 0.200. The Bertz CT molecular complexity index is 743. The minimum atomic E-state index is 0.773. The van der Waals surface area contributed by atoms with E-state index in [0.717, 1.165) is 22.8 Å². The molecule has 0 bridgehead atoms. The van der Waals surface area contributed by atoms with Gasteiger partial charge in [-0.1, -0.05) is 12.1 Å². The van der Waals surface area contributed by atoms with E-state index in [1.165, 1.54) is 11.1 Å². The molecule has 0 amide bonds. The van der Waals surface area contributed by atoms with Crippen LogP contribution in [-0.2, 0) is 0 Å². The van der Waals surface area contributed by atoms with E-state index >= 15 is 0 Å². The number of rotatable bonds is 2. The summed E-state index contributed by atoms with van der Waals surface area (Å²) in [4.78, 5) is 4.45. The van der Waals surface area contributed by atoms with Crippen molar-refractivity contribution in [3.8, 4) is 0 Å². The van der Waals surface area contributed by atoms with Gasteiger partial charge in [-0.15, -0.1) is 0 Å². The molecular formula is C15H16N4. The van der Waals surface area contributed by atoms with E-state index < -0.39 is 0 Å². The summed E-state index contributed by atoms with van der Waals surface area (Å²) in [5, 5.41) is 7.77. The summed E-state index contributed by atoms with van der Waals surface area (Å²) in [7, 11) is 0. The highest BCUT2D eigenvalue weighted by molar-refractivity contribution is 5.75. The van der Waals surface area contributed by atoms with Crippen LogP contribution in [0.25, 0.3) is 5.65 Å². The van der Waals surface area contributed by atoms with Crippen molar-refractivity contribution in [3.05, 3.63) is 53.5 Å². The topological polar surface area (TPSA) is 42.2 Å². The fourth-order valence-electron chi connectivity index (χ4n) is 2.14. The van der Waals surface area contributed by atoms with E-state index in [0.29, 0.717) is 0 Å². The van der Waals surface area contributed by atoms with Crippen LogP contribution in [0, 0.1) is 20.8 Å². The van der Waals surface area contributed by atoms with Crippen LogP contribution >= 0.6 is 0 Å². The molecule has 1 N–H and O–H groups in total. The van der Waals surface area contributed by atoms with E-state index in [9.17, 15) is 0 Å². The summed E-state index contributed by atoms with van der Waals surface area (Å²) in [6.07, 6.45) is 1.91. The maximum Gasteiger partial charge on any atom is 0.179 e. The van der Waals surface area contributed by atoms with E-state index in [4.69, 9.17) is 0 Å². The van der Waals surface area contributed by atoms with Gasteiger partial charge in [0.2, 0.25) is 0 Å². The van der Waals surface area contributed by atoms with E-state index in [2.05, 4.69) is 47.4 Å². The van der Waals surface area contributed by atoms with Gasteiger partial charge in [0.15, 0.2) is 5.65 Å². The van der Waals surface area contributed by atoms with Crippen LogP contribution in [0.4, 0.5) is 11.4 Å². The van der Waals surface area contributed by atoms with Crippen LogP contribution in [0.1, 0.15) is 17.0 Å². The number of anilines is 2. The van der Waals surface area contributed by atoms with Crippen molar-refractivity contribution in [2.24, 2.45) is 0 Å². The summed E-state index contributed by atoms with van der Waals surface area (Å²) >= 11 is 0. The smallest absolute Gasteiger partial charge is 0.179 e. The Kier molecular flexibility index (Phi) is 2.71. The highest BCUT2D eigenvalue weighted by atomic mass is 15.3. The average molecular weight is 252 g/mol. The van der Waals surface area contributed by atoms with Crippen LogP contribution in [0.15, 0.2) is 36.5 Å². The molecule has 0 radical (unpaired) electrons. The molecule has 96 valence electrons. The molecule has 3 rings (SSSR count). The molecule has 0 spiro atoms. The molecular weight excluding hydrogens is 236 g/mol. The average Bonchev–Trinajstić information content (AvgIpc) is 2.76. The van der Waals surface area contributed by atoms with Gasteiger partial charge in [-0.25, -0.2) is 9.50 Å². The van der Waals surface area contributed by atoms with E-state index in [-0.39, 0.29) is 0 Å². The summed E-state index contributed by atoms with van der Waals surface area (Å²) in [6, 6.07) is 10.2. The Morgan fingerprint density at radius 3 is 2.63 bits per heavy atom. The second-order valence-electron chi connectivity index (χ2n) is 4.72. The third kappa shape index (κ3) is 2.05. The standard InChI is InChI=1S/C15H16N4/c1-10-6-4-7-13(11(10)2)17-14-8-5-9-19-15(14)16-12(3)18-19/h4-9,17H,1-3H3. The molecule has 0 fully saturated rings. The van der Waals surface area contributed by atoms with Gasteiger partial charge in [0.25, 0.3) is 0 Å². The van der Waals surface area contributed by atoms with Gasteiger partial charge >= 0.3 is 0 Å². The van der Waals surface area contributed by atoms with Gasteiger partial charge in [-0.3, -0.25) is 0 Å². The number of benzene rings is 1. The lowest BCUT2D eigenvalue weighted by Gasteiger charge is -2.11. The van der Waals surface area contributed by atoms with Crippen molar-refractivity contribution in [1.29, 1.82) is 0 Å². The van der Waals surface area contributed by atoms with Crippen LogP contribution in [0.3, 0.4) is 0 Å². The number of aryl methyl sites for hydroxylation is 2. The number of hydrogen-bond donors (Lipinski definition) is 1. The summed E-state index contributed by atoms with van der Waals surface area (Å²) < 4.78 is 1.79. The first-order valence-electron chi connectivity index (χ1n) is 6.30. The quantitative estimate of drug-likeness (QED) is 0.760. The van der Waals surface area contributed by atoms with Gasteiger partial charge in [0, 0.05) is 11.9 Å². The molecule has 19 heavy (non-hydrogen) atoms. The SMILES string of the molecule is Cc1nc2c(Nc3cccc(C)c3C)cccn2n1. The van der Waals surface area contributed by atoms with Crippen LogP contribution in [0.5, 0.6) is 0 Å². The minimum Gasteiger partial charge on any atom is -0.352 e. The Labute approximate surface area is 112 Å². The highest BCUT2D eigenvalue weighted by Crippen LogP contribution is 2.24. The molecule has 0 atom stereocenters. The molecule has 0 aliphatic rings. The fourth-order valence-corrected chi connectivity index (χ4v) is 2.14. The first-order valence-corrected chi connectivity index (χ1v) is 6.30. The molecule has 0 aliphatic heterocycles. The Hall–Kier alpha value is -2.36. The number of fused-ring (bicyclic) bond motifs is 1. The third-order valence-corrected chi connectivity index (χ3v) is 3.34. The van der Waals surface area contributed by atoms with Gasteiger partial charge in [0.1, 0.15) is 5.82 Å². The lowest BCUT2D eigenvalue weighted by atomic mass is 10.1. The van der Waals surface area contributed by atoms with Crippen molar-refractivity contribution >= 4 is 17.0 Å². The monoisotopic (exact) mass is 252 g/mol. The maximum absolute atomic E-state index is 4.45. The van der Waals surface area contributed by atoms with Crippen molar-refractivity contribution in [1.82, 2.24) is 14.6 Å². The Morgan fingerprint density at radius 2 is 1.79 bits per heavy atom. The van der Waals surface area contributed by atoms with Gasteiger partial charge in [-0.2, -0.15) is 5.10 Å². The first kappa shape index (κ1) is 11.7. The van der Waals surface area contributed by atoms with E-state index in [1.807, 2.05) is 25.3 Å². The third-order valence-electron chi connectivity index (χ3n) is 3.34. The second-order valence-corrected chi connectivity index (χ2v) is 4.72. The zero-order valence-electron chi connectivity index (χ0n) is 11.3. The lowest BCUT2D eigenvalue weighted by Crippen LogP contribution is -1.98. The van der Waals surface area contributed by atoms with Gasteiger partial charge in [0.05, 0.1) is 5.69 Å². The first-order chi connectivity index (χ1) is 9.15. The number of nitrogens with zero attached hydrogens (tertiary/aromatic N) is 3. The lowest BCUT2D eigenvalue weighted by molar-refractivity contribution is 0.931. The van der Waals surface area contributed by atoms with Crippen molar-refractivity contribution in [3.63, 3.8) is 0 Å². The normalized spacial score (nSPS) is 10.9. The largest absolute Gasteiger partial charge is 0.352 e. The molecule has 0 aliphatic carbocycles. The number of hydrogen-bond acceptors (Lipinski definition) is 3. The highest BCUT2D eigenvalue weighted by Gasteiger charge is 2.07. The predicted molar refractivity (Wildman–Crippen MR) is 76.9 cm³/mol. The van der Waals surface area contributed by atoms with Crippen LogP contribution in [-0.4, -0.2) is 14.6 Å². The van der Waals surface area contributed by atoms with Crippen molar-refractivity contribution in [2.75, 3.05) is 5.32 Å². The van der Waals surface area contributed by atoms with Crippen molar-refractivity contribution < 1.29 is 0 Å². The van der Waals surface area contributed by atoms with Gasteiger partial charge in [-0.05, 0) is 50.1 Å². The Balaban J connectivity index is 2.08. The van der Waals surface area contributed by atoms with E-state index in [1.54, 1.807) is 4.52 Å². The number of aromatic nitrogens is 3. The van der Waals surface area contributed by atoms with Gasteiger partial charge < -0.3 is 5.32 Å². The molecule has 0 saturated heterocycles.